The van der Waals surface area contributed by atoms with Gasteiger partial charge in [0.05, 0.1) is 33.2 Å². The number of rotatable bonds is 1. The predicted molar refractivity (Wildman–Crippen MR) is 75.2 cm³/mol. The molecule has 2 heterocycles. The summed E-state index contributed by atoms with van der Waals surface area (Å²) >= 11 is 1.52. The van der Waals surface area contributed by atoms with Gasteiger partial charge in [0.2, 0.25) is 0 Å². The lowest BCUT2D eigenvalue weighted by Gasteiger charge is -2.31. The number of aliphatic hydroxyl groups is 1. The van der Waals surface area contributed by atoms with Crippen molar-refractivity contribution in [2.75, 3.05) is 11.5 Å². The highest BCUT2D eigenvalue weighted by molar-refractivity contribution is 7.91. The van der Waals surface area contributed by atoms with Gasteiger partial charge in [-0.1, -0.05) is 13.8 Å². The highest BCUT2D eigenvalue weighted by Gasteiger charge is 2.37. The number of hydrogen-bond acceptors (Lipinski definition) is 5. The molecule has 3 rings (SSSR count). The van der Waals surface area contributed by atoms with E-state index < -0.39 is 15.9 Å². The zero-order valence-corrected chi connectivity index (χ0v) is 12.9. The molecule has 106 valence electrons. The molecule has 1 aromatic rings. The minimum absolute atomic E-state index is 0.0379. The van der Waals surface area contributed by atoms with Crippen LogP contribution in [0.5, 0.6) is 0 Å². The van der Waals surface area contributed by atoms with Crippen LogP contribution in [0.1, 0.15) is 54.3 Å². The first-order valence-electron chi connectivity index (χ1n) is 6.64. The molecule has 0 spiro atoms. The highest BCUT2D eigenvalue weighted by Crippen LogP contribution is 2.45. The molecule has 19 heavy (non-hydrogen) atoms. The second-order valence-electron chi connectivity index (χ2n) is 6.52. The van der Waals surface area contributed by atoms with Gasteiger partial charge < -0.3 is 5.11 Å². The Labute approximate surface area is 117 Å². The Bertz CT molecular complexity index is 603. The zero-order valence-electron chi connectivity index (χ0n) is 11.2. The van der Waals surface area contributed by atoms with E-state index in [4.69, 9.17) is 0 Å². The monoisotopic (exact) mass is 301 g/mol. The van der Waals surface area contributed by atoms with Gasteiger partial charge in [-0.2, -0.15) is 0 Å². The standard InChI is InChI=1S/C13H19NO3S2/c1-13(2)5-9-11(10(15)6-13)18-12(14-9)8-3-4-19(16,17)7-8/h8,10,15H,3-7H2,1-2H3. The van der Waals surface area contributed by atoms with Crippen LogP contribution >= 0.6 is 11.3 Å². The molecule has 1 aliphatic heterocycles. The van der Waals surface area contributed by atoms with Gasteiger partial charge in [-0.05, 0) is 24.7 Å². The van der Waals surface area contributed by atoms with Gasteiger partial charge in [-0.25, -0.2) is 13.4 Å². The van der Waals surface area contributed by atoms with Crippen molar-refractivity contribution in [2.24, 2.45) is 5.41 Å². The third-order valence-corrected chi connectivity index (χ3v) is 7.15. The Hall–Kier alpha value is -0.460. The molecular formula is C13H19NO3S2. The van der Waals surface area contributed by atoms with Gasteiger partial charge >= 0.3 is 0 Å². The summed E-state index contributed by atoms with van der Waals surface area (Å²) in [6.45, 7) is 4.27. The Balaban J connectivity index is 1.91. The van der Waals surface area contributed by atoms with E-state index in [9.17, 15) is 13.5 Å². The van der Waals surface area contributed by atoms with Crippen LogP contribution in [-0.2, 0) is 16.3 Å². The van der Waals surface area contributed by atoms with Gasteiger partial charge in [0.1, 0.15) is 0 Å². The molecule has 1 aliphatic carbocycles. The quantitative estimate of drug-likeness (QED) is 0.862. The molecule has 1 aromatic heterocycles. The summed E-state index contributed by atoms with van der Waals surface area (Å²) in [6, 6.07) is 0. The third kappa shape index (κ3) is 2.58. The molecule has 1 N–H and O–H groups in total. The molecule has 0 saturated carbocycles. The Morgan fingerprint density at radius 3 is 2.79 bits per heavy atom. The van der Waals surface area contributed by atoms with Crippen molar-refractivity contribution in [1.29, 1.82) is 0 Å². The summed E-state index contributed by atoms with van der Waals surface area (Å²) in [5.41, 5.74) is 1.05. The average Bonchev–Trinajstić information content (AvgIpc) is 2.79. The Morgan fingerprint density at radius 2 is 2.16 bits per heavy atom. The van der Waals surface area contributed by atoms with Crippen molar-refractivity contribution >= 4 is 21.2 Å². The van der Waals surface area contributed by atoms with Crippen molar-refractivity contribution in [3.63, 3.8) is 0 Å². The Kier molecular flexibility index (Phi) is 3.04. The van der Waals surface area contributed by atoms with Crippen molar-refractivity contribution in [1.82, 2.24) is 4.98 Å². The molecule has 6 heteroatoms. The number of thiazole rings is 1. The van der Waals surface area contributed by atoms with Crippen molar-refractivity contribution in [3.8, 4) is 0 Å². The fraction of sp³-hybridized carbons (Fsp3) is 0.769. The van der Waals surface area contributed by atoms with Gasteiger partial charge in [0.15, 0.2) is 9.84 Å². The smallest absolute Gasteiger partial charge is 0.151 e. The van der Waals surface area contributed by atoms with Crippen LogP contribution in [0.15, 0.2) is 0 Å². The minimum Gasteiger partial charge on any atom is -0.387 e. The van der Waals surface area contributed by atoms with Crippen molar-refractivity contribution < 1.29 is 13.5 Å². The minimum atomic E-state index is -2.88. The van der Waals surface area contributed by atoms with Crippen LogP contribution < -0.4 is 0 Å². The second kappa shape index (κ2) is 4.27. The predicted octanol–water partition coefficient (Wildman–Crippen LogP) is 2.05. The molecule has 0 aromatic carbocycles. The SMILES string of the molecule is CC1(C)Cc2nc(C3CCS(=O)(=O)C3)sc2C(O)C1. The largest absolute Gasteiger partial charge is 0.387 e. The molecule has 1 saturated heterocycles. The van der Waals surface area contributed by atoms with E-state index >= 15 is 0 Å². The molecule has 2 atom stereocenters. The van der Waals surface area contributed by atoms with Crippen LogP contribution in [0, 0.1) is 5.41 Å². The van der Waals surface area contributed by atoms with Crippen LogP contribution in [0.3, 0.4) is 0 Å². The first-order chi connectivity index (χ1) is 8.76. The molecule has 0 radical (unpaired) electrons. The average molecular weight is 301 g/mol. The summed E-state index contributed by atoms with van der Waals surface area (Å²) in [4.78, 5) is 5.60. The summed E-state index contributed by atoms with van der Waals surface area (Å²) in [6.07, 6.45) is 1.86. The number of hydrogen-bond donors (Lipinski definition) is 1. The molecule has 2 aliphatic rings. The van der Waals surface area contributed by atoms with Crippen LogP contribution in [0.25, 0.3) is 0 Å². The van der Waals surface area contributed by atoms with E-state index in [1.54, 1.807) is 0 Å². The summed E-state index contributed by atoms with van der Waals surface area (Å²) in [7, 11) is -2.88. The normalized spacial score (nSPS) is 32.2. The lowest BCUT2D eigenvalue weighted by atomic mass is 9.77. The second-order valence-corrected chi connectivity index (χ2v) is 9.81. The lowest BCUT2D eigenvalue weighted by molar-refractivity contribution is 0.102. The molecule has 0 bridgehead atoms. The van der Waals surface area contributed by atoms with E-state index in [1.165, 1.54) is 11.3 Å². The summed E-state index contributed by atoms with van der Waals surface area (Å²) < 4.78 is 23.1. The van der Waals surface area contributed by atoms with Crippen LogP contribution in [0.2, 0.25) is 0 Å². The highest BCUT2D eigenvalue weighted by atomic mass is 32.2. The van der Waals surface area contributed by atoms with E-state index in [1.807, 2.05) is 0 Å². The molecule has 1 fully saturated rings. The number of aliphatic hydroxyl groups excluding tert-OH is 1. The maximum absolute atomic E-state index is 11.6. The fourth-order valence-electron chi connectivity index (χ4n) is 3.08. The number of sulfone groups is 1. The summed E-state index contributed by atoms with van der Waals surface area (Å²) in [5.74, 6) is 0.533. The number of aromatic nitrogens is 1. The first kappa shape index (κ1) is 13.5. The number of nitrogens with zero attached hydrogens (tertiary/aromatic N) is 1. The lowest BCUT2D eigenvalue weighted by Crippen LogP contribution is -2.24. The maximum atomic E-state index is 11.6. The van der Waals surface area contributed by atoms with E-state index in [0.717, 1.165) is 28.4 Å². The van der Waals surface area contributed by atoms with E-state index in [-0.39, 0.29) is 22.8 Å². The van der Waals surface area contributed by atoms with Crippen molar-refractivity contribution in [2.45, 2.75) is 45.1 Å². The molecule has 0 amide bonds. The Morgan fingerprint density at radius 1 is 1.42 bits per heavy atom. The zero-order chi connectivity index (χ0) is 13.8. The summed E-state index contributed by atoms with van der Waals surface area (Å²) in [5, 5.41) is 11.1. The van der Waals surface area contributed by atoms with Crippen LogP contribution in [-0.4, -0.2) is 30.0 Å². The third-order valence-electron chi connectivity index (χ3n) is 4.02. The van der Waals surface area contributed by atoms with Gasteiger partial charge in [-0.3, -0.25) is 0 Å². The molecule has 4 nitrogen and oxygen atoms in total. The van der Waals surface area contributed by atoms with Crippen molar-refractivity contribution in [3.05, 3.63) is 15.6 Å². The number of fused-ring (bicyclic) bond motifs is 1. The van der Waals surface area contributed by atoms with Crippen LogP contribution in [0.4, 0.5) is 0 Å². The topological polar surface area (TPSA) is 67.3 Å². The molecular weight excluding hydrogens is 282 g/mol. The van der Waals surface area contributed by atoms with E-state index in [0.29, 0.717) is 6.42 Å². The fourth-order valence-corrected chi connectivity index (χ4v) is 6.13. The first-order valence-corrected chi connectivity index (χ1v) is 9.27. The molecule has 2 unspecified atom stereocenters. The van der Waals surface area contributed by atoms with Gasteiger partial charge in [0.25, 0.3) is 0 Å². The van der Waals surface area contributed by atoms with Gasteiger partial charge in [-0.15, -0.1) is 11.3 Å². The van der Waals surface area contributed by atoms with Gasteiger partial charge in [0, 0.05) is 5.92 Å². The maximum Gasteiger partial charge on any atom is 0.151 e. The van der Waals surface area contributed by atoms with E-state index in [2.05, 4.69) is 18.8 Å².